The lowest BCUT2D eigenvalue weighted by atomic mass is 9.71. The first kappa shape index (κ1) is 35.4. The number of aromatic nitrogens is 2. The van der Waals surface area contributed by atoms with Crippen molar-refractivity contribution in [1.82, 2.24) is 14.9 Å². The number of ether oxygens (including phenoxy) is 1. The van der Waals surface area contributed by atoms with Crippen molar-refractivity contribution < 1.29 is 24.2 Å². The van der Waals surface area contributed by atoms with E-state index >= 15 is 0 Å². The van der Waals surface area contributed by atoms with Crippen molar-refractivity contribution in [2.75, 3.05) is 13.2 Å². The Morgan fingerprint density at radius 1 is 0.815 bits per heavy atom. The summed E-state index contributed by atoms with van der Waals surface area (Å²) in [6.45, 7) is -0.301. The number of carbonyl (C=O) groups excluding carboxylic acids is 3. The molecule has 5 aromatic rings. The second-order valence-corrected chi connectivity index (χ2v) is 14.2. The monoisotopic (exact) mass is 753 g/mol. The number of imide groups is 1. The van der Waals surface area contributed by atoms with Crippen LogP contribution in [0.2, 0.25) is 10.0 Å². The maximum absolute atomic E-state index is 14.6. The van der Waals surface area contributed by atoms with Gasteiger partial charge >= 0.3 is 5.97 Å². The number of rotatable bonds is 10. The van der Waals surface area contributed by atoms with Gasteiger partial charge in [0, 0.05) is 35.9 Å². The minimum atomic E-state index is -1.73. The second-order valence-electron chi connectivity index (χ2n) is 13.4. The van der Waals surface area contributed by atoms with E-state index in [9.17, 15) is 19.5 Å². The molecular formula is C44H33Cl2N3O5. The number of hydrogen-bond acceptors (Lipinski definition) is 7. The molecule has 54 heavy (non-hydrogen) atoms. The fraction of sp³-hybridized carbons (Fsp3) is 0.159. The van der Waals surface area contributed by atoms with Gasteiger partial charge in [-0.1, -0.05) is 108 Å². The summed E-state index contributed by atoms with van der Waals surface area (Å²) in [6, 6.07) is 35.1. The molecule has 1 saturated carbocycles. The van der Waals surface area contributed by atoms with Gasteiger partial charge in [-0.2, -0.15) is 0 Å². The van der Waals surface area contributed by atoms with Gasteiger partial charge in [0.05, 0.1) is 39.8 Å². The van der Waals surface area contributed by atoms with E-state index in [1.54, 1.807) is 48.8 Å². The standard InChI is InChI=1S/C44H33Cl2N3O5/c45-32-19-17-27(25-33(32)46)18-20-36(50)54-24-23-49-42(51)39-30-26-31(44(53,29-13-5-2-6-14-29)35-16-8-10-22-48-35)40(41(39)43(49)52)38(30)37(28-11-3-1-4-12-28)34-15-7-9-21-47-34/h1-22,25-26,30,39-41,53H,23-24H2/b20-18+,38-37?/t30-,39-,40+,41-,44?/m0/s1. The van der Waals surface area contributed by atoms with Crippen LogP contribution in [0.1, 0.15) is 28.1 Å². The Kier molecular flexibility index (Phi) is 9.58. The number of hydrogen-bond donors (Lipinski definition) is 1. The van der Waals surface area contributed by atoms with E-state index in [0.717, 1.165) is 16.7 Å². The highest BCUT2D eigenvalue weighted by molar-refractivity contribution is 6.42. The van der Waals surface area contributed by atoms with Gasteiger partial charge in [0.1, 0.15) is 6.61 Å². The number of nitrogens with zero attached hydrogens (tertiary/aromatic N) is 3. The van der Waals surface area contributed by atoms with Crippen LogP contribution in [-0.4, -0.2) is 50.9 Å². The van der Waals surface area contributed by atoms with Gasteiger partial charge in [-0.3, -0.25) is 24.5 Å². The molecule has 5 atom stereocenters. The molecule has 268 valence electrons. The Morgan fingerprint density at radius 3 is 2.19 bits per heavy atom. The predicted molar refractivity (Wildman–Crippen MR) is 206 cm³/mol. The molecule has 8 nitrogen and oxygen atoms in total. The fourth-order valence-corrected chi connectivity index (χ4v) is 8.51. The van der Waals surface area contributed by atoms with Gasteiger partial charge in [-0.05, 0) is 70.3 Å². The van der Waals surface area contributed by atoms with E-state index in [1.807, 2.05) is 91.0 Å². The van der Waals surface area contributed by atoms with Crippen LogP contribution in [0.5, 0.6) is 0 Å². The zero-order valence-electron chi connectivity index (χ0n) is 28.8. The Morgan fingerprint density at radius 2 is 1.50 bits per heavy atom. The molecule has 0 spiro atoms. The van der Waals surface area contributed by atoms with Crippen molar-refractivity contribution >= 4 is 52.6 Å². The van der Waals surface area contributed by atoms with Crippen LogP contribution >= 0.6 is 23.2 Å². The average molecular weight is 755 g/mol. The number of esters is 1. The Hall–Kier alpha value is -5.67. The lowest BCUT2D eigenvalue weighted by molar-refractivity contribution is -0.145. The molecule has 2 fully saturated rings. The number of benzene rings is 3. The van der Waals surface area contributed by atoms with E-state index in [4.69, 9.17) is 32.9 Å². The SMILES string of the molecule is O=C(/C=C/c1ccc(Cl)c(Cl)c1)OCCN1C(=O)[C@@H]2[C@@H]3C(C(O)(c4ccccc4)c4ccccn4)=C[C@@H](C3=C(c3ccccc3)c3ccccn3)[C@@H]2C1=O. The summed E-state index contributed by atoms with van der Waals surface area (Å²) in [5.41, 5.74) is 3.76. The molecule has 3 aliphatic rings. The van der Waals surface area contributed by atoms with Crippen molar-refractivity contribution in [3.63, 3.8) is 0 Å². The van der Waals surface area contributed by atoms with Crippen LogP contribution in [0.3, 0.4) is 0 Å². The number of allylic oxidation sites excluding steroid dienone is 2. The first-order valence-corrected chi connectivity index (χ1v) is 18.3. The van der Waals surface area contributed by atoms with E-state index in [2.05, 4.69) is 4.98 Å². The van der Waals surface area contributed by atoms with E-state index < -0.39 is 35.2 Å². The van der Waals surface area contributed by atoms with Gasteiger partial charge in [0.25, 0.3) is 0 Å². The van der Waals surface area contributed by atoms with Crippen LogP contribution in [0.15, 0.2) is 151 Å². The normalized spacial score (nSPS) is 22.3. The summed E-state index contributed by atoms with van der Waals surface area (Å²) in [5.74, 6) is -4.12. The number of amides is 2. The summed E-state index contributed by atoms with van der Waals surface area (Å²) < 4.78 is 5.42. The number of pyridine rings is 2. The Labute approximate surface area is 322 Å². The number of fused-ring (bicyclic) bond motifs is 5. The minimum absolute atomic E-state index is 0.111. The van der Waals surface area contributed by atoms with E-state index in [0.29, 0.717) is 38.1 Å². The molecule has 0 radical (unpaired) electrons. The smallest absolute Gasteiger partial charge is 0.330 e. The molecule has 1 aliphatic heterocycles. The van der Waals surface area contributed by atoms with Crippen molar-refractivity contribution in [1.29, 1.82) is 0 Å². The molecular weight excluding hydrogens is 721 g/mol. The third-order valence-electron chi connectivity index (χ3n) is 10.5. The topological polar surface area (TPSA) is 110 Å². The number of carbonyl (C=O) groups is 3. The highest BCUT2D eigenvalue weighted by Gasteiger charge is 2.66. The molecule has 10 heteroatoms. The molecule has 2 bridgehead atoms. The van der Waals surface area contributed by atoms with Crippen LogP contribution < -0.4 is 0 Å². The van der Waals surface area contributed by atoms with E-state index in [1.165, 1.54) is 11.0 Å². The van der Waals surface area contributed by atoms with Gasteiger partial charge in [0.2, 0.25) is 11.8 Å². The number of likely N-dealkylation sites (tertiary alicyclic amines) is 1. The van der Waals surface area contributed by atoms with E-state index in [-0.39, 0.29) is 25.0 Å². The summed E-state index contributed by atoms with van der Waals surface area (Å²) >= 11 is 12.1. The Bertz CT molecular complexity index is 2250. The van der Waals surface area contributed by atoms with Gasteiger partial charge in [0.15, 0.2) is 5.60 Å². The molecule has 2 aliphatic carbocycles. The van der Waals surface area contributed by atoms with Crippen molar-refractivity contribution in [3.05, 3.63) is 189 Å². The number of aliphatic hydroxyl groups is 1. The lowest BCUT2D eigenvalue weighted by Gasteiger charge is -2.36. The third-order valence-corrected chi connectivity index (χ3v) is 11.2. The zero-order valence-corrected chi connectivity index (χ0v) is 30.3. The summed E-state index contributed by atoms with van der Waals surface area (Å²) in [4.78, 5) is 52.1. The average Bonchev–Trinajstić information content (AvgIpc) is 3.82. The zero-order chi connectivity index (χ0) is 37.4. The maximum Gasteiger partial charge on any atom is 0.330 e. The summed E-state index contributed by atoms with van der Waals surface area (Å²) in [7, 11) is 0. The quantitative estimate of drug-likeness (QED) is 0.0679. The van der Waals surface area contributed by atoms with Gasteiger partial charge < -0.3 is 9.84 Å². The van der Waals surface area contributed by atoms with Crippen molar-refractivity contribution in [2.45, 2.75) is 5.60 Å². The second kappa shape index (κ2) is 14.6. The predicted octanol–water partition coefficient (Wildman–Crippen LogP) is 7.57. The largest absolute Gasteiger partial charge is 0.461 e. The van der Waals surface area contributed by atoms with Crippen LogP contribution in [0, 0.1) is 23.7 Å². The van der Waals surface area contributed by atoms with Gasteiger partial charge in [-0.15, -0.1) is 0 Å². The highest BCUT2D eigenvalue weighted by atomic mass is 35.5. The minimum Gasteiger partial charge on any atom is -0.461 e. The first-order valence-electron chi connectivity index (χ1n) is 17.5. The molecule has 2 amide bonds. The summed E-state index contributed by atoms with van der Waals surface area (Å²) in [6.07, 6.45) is 8.11. The van der Waals surface area contributed by atoms with Crippen LogP contribution in [-0.2, 0) is 24.7 Å². The maximum atomic E-state index is 14.6. The van der Waals surface area contributed by atoms with Crippen LogP contribution in [0.4, 0.5) is 0 Å². The molecule has 1 saturated heterocycles. The van der Waals surface area contributed by atoms with Crippen LogP contribution in [0.25, 0.3) is 11.6 Å². The molecule has 1 unspecified atom stereocenters. The molecule has 3 heterocycles. The number of halogens is 2. The fourth-order valence-electron chi connectivity index (χ4n) is 8.20. The molecule has 8 rings (SSSR count). The molecule has 3 aromatic carbocycles. The summed E-state index contributed by atoms with van der Waals surface area (Å²) in [5, 5.41) is 13.8. The molecule has 1 N–H and O–H groups in total. The van der Waals surface area contributed by atoms with Crippen molar-refractivity contribution in [3.8, 4) is 0 Å². The Balaban J connectivity index is 1.17. The lowest BCUT2D eigenvalue weighted by Crippen LogP contribution is -2.39. The third kappa shape index (κ3) is 6.16. The highest BCUT2D eigenvalue weighted by Crippen LogP contribution is 2.64. The van der Waals surface area contributed by atoms with Crippen molar-refractivity contribution in [2.24, 2.45) is 23.7 Å². The van der Waals surface area contributed by atoms with Gasteiger partial charge in [-0.25, -0.2) is 4.79 Å². The first-order chi connectivity index (χ1) is 26.3. The molecule has 2 aromatic heterocycles.